The van der Waals surface area contributed by atoms with Gasteiger partial charge in [0.25, 0.3) is 0 Å². The van der Waals surface area contributed by atoms with Gasteiger partial charge in [0.2, 0.25) is 0 Å². The molecule has 0 bridgehead atoms. The third-order valence-corrected chi connectivity index (χ3v) is 6.14. The van der Waals surface area contributed by atoms with Crippen molar-refractivity contribution in [2.75, 3.05) is 18.5 Å². The van der Waals surface area contributed by atoms with Crippen LogP contribution in [0.15, 0.2) is 55.1 Å². The van der Waals surface area contributed by atoms with E-state index in [1.807, 2.05) is 36.7 Å². The maximum Gasteiger partial charge on any atom is 0.145 e. The topological polar surface area (TPSA) is 74.1 Å². The molecule has 2 aliphatic rings. The van der Waals surface area contributed by atoms with Gasteiger partial charge in [-0.15, -0.1) is 0 Å². The van der Waals surface area contributed by atoms with Gasteiger partial charge < -0.3 is 19.4 Å². The molecule has 2 atom stereocenters. The van der Waals surface area contributed by atoms with Crippen LogP contribution in [-0.2, 0) is 4.74 Å². The Hall–Kier alpha value is -3.19. The number of pyridine rings is 1. The monoisotopic (exact) mass is 415 g/mol. The smallest absolute Gasteiger partial charge is 0.145 e. The van der Waals surface area contributed by atoms with Crippen LogP contribution in [0.25, 0.3) is 21.9 Å². The Labute approximate surface area is 180 Å². The Morgan fingerprint density at radius 1 is 1.06 bits per heavy atom. The highest BCUT2D eigenvalue weighted by Gasteiger charge is 2.28. The largest absolute Gasteiger partial charge is 0.491 e. The van der Waals surface area contributed by atoms with Crippen LogP contribution in [0.1, 0.15) is 31.9 Å². The first-order valence-electron chi connectivity index (χ1n) is 11.0. The summed E-state index contributed by atoms with van der Waals surface area (Å²) >= 11 is 0. The Kier molecular flexibility index (Phi) is 4.68. The third-order valence-electron chi connectivity index (χ3n) is 6.14. The first-order valence-corrected chi connectivity index (χ1v) is 11.0. The summed E-state index contributed by atoms with van der Waals surface area (Å²) in [4.78, 5) is 13.2. The van der Waals surface area contributed by atoms with Crippen LogP contribution in [0.2, 0.25) is 0 Å². The van der Waals surface area contributed by atoms with Crippen molar-refractivity contribution >= 4 is 27.8 Å². The first kappa shape index (κ1) is 18.6. The quantitative estimate of drug-likeness (QED) is 0.477. The van der Waals surface area contributed by atoms with E-state index < -0.39 is 0 Å². The van der Waals surface area contributed by atoms with Crippen LogP contribution in [0, 0.1) is 5.92 Å². The fourth-order valence-electron chi connectivity index (χ4n) is 4.19. The molecule has 4 aromatic rings. The van der Waals surface area contributed by atoms with E-state index in [0.29, 0.717) is 6.61 Å². The van der Waals surface area contributed by atoms with Gasteiger partial charge in [-0.2, -0.15) is 0 Å². The van der Waals surface area contributed by atoms with Crippen molar-refractivity contribution in [2.24, 2.45) is 5.92 Å². The molecule has 1 aliphatic carbocycles. The molecule has 7 nitrogen and oxygen atoms in total. The summed E-state index contributed by atoms with van der Waals surface area (Å²) in [5.41, 5.74) is 1.86. The first-order chi connectivity index (χ1) is 15.3. The maximum absolute atomic E-state index is 6.25. The number of nitrogens with zero attached hydrogens (tertiary/aromatic N) is 4. The molecular formula is C24H25N5O2. The van der Waals surface area contributed by atoms with Crippen molar-refractivity contribution in [3.05, 3.63) is 55.1 Å². The van der Waals surface area contributed by atoms with Gasteiger partial charge in [-0.1, -0.05) is 0 Å². The third kappa shape index (κ3) is 3.93. The van der Waals surface area contributed by atoms with E-state index in [1.165, 1.54) is 12.8 Å². The van der Waals surface area contributed by atoms with Crippen molar-refractivity contribution in [3.8, 4) is 5.75 Å². The maximum atomic E-state index is 6.25. The molecule has 1 saturated carbocycles. The Balaban J connectivity index is 1.10. The molecule has 1 N–H and O–H groups in total. The predicted molar refractivity (Wildman–Crippen MR) is 119 cm³/mol. The number of nitrogens with one attached hydrogen (secondary N) is 1. The zero-order valence-electron chi connectivity index (χ0n) is 17.3. The molecule has 0 amide bonds. The predicted octanol–water partition coefficient (Wildman–Crippen LogP) is 4.56. The Morgan fingerprint density at radius 2 is 2.00 bits per heavy atom. The Morgan fingerprint density at radius 3 is 2.94 bits per heavy atom. The van der Waals surface area contributed by atoms with Gasteiger partial charge in [0.05, 0.1) is 11.6 Å². The number of ether oxygens (including phenoxy) is 2. The number of hydrogen-bond donors (Lipinski definition) is 1. The molecule has 6 rings (SSSR count). The summed E-state index contributed by atoms with van der Waals surface area (Å²) in [5.74, 6) is 2.58. The summed E-state index contributed by atoms with van der Waals surface area (Å²) in [6.45, 7) is 1.54. The molecule has 0 spiro atoms. The van der Waals surface area contributed by atoms with E-state index >= 15 is 0 Å². The minimum absolute atomic E-state index is 0.0145. The molecule has 1 saturated heterocycles. The number of anilines is 1. The van der Waals surface area contributed by atoms with E-state index in [0.717, 1.165) is 58.8 Å². The minimum atomic E-state index is -0.0145. The van der Waals surface area contributed by atoms with Crippen LogP contribution >= 0.6 is 0 Å². The number of benzene rings is 1. The second-order valence-electron chi connectivity index (χ2n) is 8.50. The summed E-state index contributed by atoms with van der Waals surface area (Å²) in [5, 5.41) is 5.58. The SMILES string of the molecule is c1ncc2ccn(C3CCC(COc4ccc5ccc(NCC6CC6)nc5c4)O3)c2n1. The van der Waals surface area contributed by atoms with Crippen molar-refractivity contribution in [3.63, 3.8) is 0 Å². The van der Waals surface area contributed by atoms with E-state index in [9.17, 15) is 0 Å². The average molecular weight is 415 g/mol. The summed E-state index contributed by atoms with van der Waals surface area (Å²) < 4.78 is 14.4. The molecule has 2 unspecified atom stereocenters. The minimum Gasteiger partial charge on any atom is -0.491 e. The van der Waals surface area contributed by atoms with Gasteiger partial charge >= 0.3 is 0 Å². The van der Waals surface area contributed by atoms with E-state index in [-0.39, 0.29) is 12.3 Å². The number of rotatable bonds is 7. The molecular weight excluding hydrogens is 390 g/mol. The van der Waals surface area contributed by atoms with Gasteiger partial charge in [-0.25, -0.2) is 15.0 Å². The normalized spacial score (nSPS) is 21.0. The summed E-state index contributed by atoms with van der Waals surface area (Å²) in [6, 6.07) is 12.3. The zero-order valence-corrected chi connectivity index (χ0v) is 17.3. The van der Waals surface area contributed by atoms with Crippen molar-refractivity contribution in [2.45, 2.75) is 38.0 Å². The lowest BCUT2D eigenvalue weighted by Gasteiger charge is -2.16. The fourth-order valence-corrected chi connectivity index (χ4v) is 4.19. The van der Waals surface area contributed by atoms with Gasteiger partial charge in [-0.3, -0.25) is 0 Å². The van der Waals surface area contributed by atoms with Gasteiger partial charge in [0.15, 0.2) is 0 Å². The Bertz CT molecular complexity index is 1220. The molecule has 1 aliphatic heterocycles. The van der Waals surface area contributed by atoms with Crippen LogP contribution in [0.3, 0.4) is 0 Å². The molecule has 0 radical (unpaired) electrons. The van der Waals surface area contributed by atoms with Crippen LogP contribution in [-0.4, -0.2) is 38.8 Å². The molecule has 158 valence electrons. The van der Waals surface area contributed by atoms with Gasteiger partial charge in [-0.05, 0) is 61.9 Å². The number of hydrogen-bond acceptors (Lipinski definition) is 6. The second kappa shape index (κ2) is 7.81. The second-order valence-corrected chi connectivity index (χ2v) is 8.50. The number of fused-ring (bicyclic) bond motifs is 2. The van der Waals surface area contributed by atoms with Gasteiger partial charge in [0, 0.05) is 35.8 Å². The van der Waals surface area contributed by atoms with Crippen LogP contribution in [0.5, 0.6) is 5.75 Å². The molecule has 2 fully saturated rings. The average Bonchev–Trinajstić information content (AvgIpc) is 3.35. The molecule has 31 heavy (non-hydrogen) atoms. The number of aromatic nitrogens is 4. The van der Waals surface area contributed by atoms with E-state index in [4.69, 9.17) is 14.5 Å². The molecule has 1 aromatic carbocycles. The van der Waals surface area contributed by atoms with Crippen LogP contribution < -0.4 is 10.1 Å². The zero-order chi connectivity index (χ0) is 20.6. The summed E-state index contributed by atoms with van der Waals surface area (Å²) in [6.07, 6.45) is 10.0. The van der Waals surface area contributed by atoms with E-state index in [2.05, 4.69) is 32.0 Å². The van der Waals surface area contributed by atoms with Crippen molar-refractivity contribution < 1.29 is 9.47 Å². The van der Waals surface area contributed by atoms with Crippen LogP contribution in [0.4, 0.5) is 5.82 Å². The highest BCUT2D eigenvalue weighted by molar-refractivity contribution is 5.81. The van der Waals surface area contributed by atoms with Gasteiger partial charge in [0.1, 0.15) is 36.4 Å². The molecule has 7 heteroatoms. The highest BCUT2D eigenvalue weighted by Crippen LogP contribution is 2.32. The van der Waals surface area contributed by atoms with Crippen molar-refractivity contribution in [1.29, 1.82) is 0 Å². The lowest BCUT2D eigenvalue weighted by molar-refractivity contribution is -0.0156. The van der Waals surface area contributed by atoms with E-state index in [1.54, 1.807) is 6.33 Å². The highest BCUT2D eigenvalue weighted by atomic mass is 16.6. The van der Waals surface area contributed by atoms with Crippen molar-refractivity contribution in [1.82, 2.24) is 19.5 Å². The lowest BCUT2D eigenvalue weighted by Crippen LogP contribution is -2.18. The fraction of sp³-hybridized carbons (Fsp3) is 0.375. The molecule has 4 heterocycles. The summed E-state index contributed by atoms with van der Waals surface area (Å²) in [7, 11) is 0. The lowest BCUT2D eigenvalue weighted by atomic mass is 10.2. The molecule has 3 aromatic heterocycles. The standard InChI is InChI=1S/C24H25N5O2/c1-2-16(1)12-26-22-7-4-17-3-5-19(11-21(17)28-22)30-14-20-6-8-23(31-20)29-10-9-18-13-25-15-27-24(18)29/h3-5,7,9-11,13,15-16,20,23H,1-2,6,8,12,14H2,(H,26,28).